The number of carbonyl (C=O) groups is 1. The first kappa shape index (κ1) is 17.0. The molecule has 4 atom stereocenters. The van der Waals surface area contributed by atoms with E-state index in [1.54, 1.807) is 7.11 Å². The van der Waals surface area contributed by atoms with E-state index >= 15 is 0 Å². The zero-order valence-electron chi connectivity index (χ0n) is 15.7. The van der Waals surface area contributed by atoms with Crippen LogP contribution in [-0.2, 0) is 4.74 Å². The van der Waals surface area contributed by atoms with Crippen molar-refractivity contribution in [3.8, 4) is 0 Å². The summed E-state index contributed by atoms with van der Waals surface area (Å²) >= 11 is 0. The number of nitrogens with zero attached hydrogens (tertiary/aromatic N) is 1. The molecule has 5 rings (SSSR count). The Hall–Kier alpha value is -2.17. The van der Waals surface area contributed by atoms with Crippen molar-refractivity contribution in [1.82, 2.24) is 5.32 Å². The Kier molecular flexibility index (Phi) is 4.25. The van der Waals surface area contributed by atoms with Crippen molar-refractivity contribution >= 4 is 11.5 Å². The van der Waals surface area contributed by atoms with Gasteiger partial charge in [0.25, 0.3) is 0 Å². The van der Waals surface area contributed by atoms with Crippen LogP contribution < -0.4 is 10.2 Å². The number of Topliss-reactive ketones (excluding diaryl/α,β-unsaturated/α-hetero) is 1. The average Bonchev–Trinajstić information content (AvgIpc) is 2.88. The maximum absolute atomic E-state index is 13.5. The van der Waals surface area contributed by atoms with E-state index in [4.69, 9.17) is 4.74 Å². The van der Waals surface area contributed by atoms with Crippen LogP contribution in [0, 0.1) is 0 Å². The Morgan fingerprint density at radius 1 is 1.04 bits per heavy atom. The number of hydrogen-bond acceptors (Lipinski definition) is 4. The highest BCUT2D eigenvalue weighted by Gasteiger charge is 2.48. The number of fused-ring (bicyclic) bond motifs is 3. The van der Waals surface area contributed by atoms with Crippen LogP contribution in [-0.4, -0.2) is 38.1 Å². The van der Waals surface area contributed by atoms with E-state index in [1.807, 2.05) is 30.3 Å². The topological polar surface area (TPSA) is 41.6 Å². The second-order valence-electron chi connectivity index (χ2n) is 7.90. The number of benzene rings is 2. The fraction of sp³-hybridized carbons (Fsp3) is 0.435. The van der Waals surface area contributed by atoms with Crippen molar-refractivity contribution in [2.75, 3.05) is 25.1 Å². The minimum absolute atomic E-state index is 0.0191. The quantitative estimate of drug-likeness (QED) is 0.846. The van der Waals surface area contributed by atoms with Crippen molar-refractivity contribution in [2.24, 2.45) is 0 Å². The monoisotopic (exact) mass is 362 g/mol. The number of anilines is 1. The van der Waals surface area contributed by atoms with Gasteiger partial charge in [0.2, 0.25) is 0 Å². The number of rotatable bonds is 3. The van der Waals surface area contributed by atoms with Crippen LogP contribution in [0.5, 0.6) is 0 Å². The summed E-state index contributed by atoms with van der Waals surface area (Å²) in [7, 11) is 1.76. The number of hydrogen-bond donors (Lipinski definition) is 1. The summed E-state index contributed by atoms with van der Waals surface area (Å²) in [5, 5.41) is 3.54. The largest absolute Gasteiger partial charge is 0.377 e. The van der Waals surface area contributed by atoms with Crippen LogP contribution in [0.4, 0.5) is 5.69 Å². The molecule has 0 aromatic heterocycles. The van der Waals surface area contributed by atoms with Gasteiger partial charge in [0.15, 0.2) is 5.78 Å². The molecule has 1 fully saturated rings. The van der Waals surface area contributed by atoms with Crippen LogP contribution >= 0.6 is 0 Å². The molecule has 0 bridgehead atoms. The van der Waals surface area contributed by atoms with Crippen molar-refractivity contribution in [2.45, 2.75) is 43.4 Å². The van der Waals surface area contributed by atoms with E-state index in [2.05, 4.69) is 28.4 Å². The second-order valence-corrected chi connectivity index (χ2v) is 7.90. The molecule has 4 nitrogen and oxygen atoms in total. The van der Waals surface area contributed by atoms with Crippen molar-refractivity contribution in [1.29, 1.82) is 0 Å². The SMILES string of the molecule is COC1CC(C(=O)c2ccccc2)N2c3c1cccc3C1CCNCCC12. The van der Waals surface area contributed by atoms with Crippen molar-refractivity contribution < 1.29 is 9.53 Å². The average molecular weight is 362 g/mol. The van der Waals surface area contributed by atoms with Crippen LogP contribution in [0.2, 0.25) is 0 Å². The molecule has 0 spiro atoms. The first-order valence-electron chi connectivity index (χ1n) is 10.0. The van der Waals surface area contributed by atoms with Gasteiger partial charge in [0.1, 0.15) is 0 Å². The summed E-state index contributed by atoms with van der Waals surface area (Å²) < 4.78 is 5.85. The fourth-order valence-corrected chi connectivity index (χ4v) is 5.41. The number of carbonyl (C=O) groups excluding carboxylic acids is 1. The van der Waals surface area contributed by atoms with Gasteiger partial charge in [-0.05, 0) is 31.5 Å². The Bertz CT molecular complexity index is 851. The van der Waals surface area contributed by atoms with E-state index in [-0.39, 0.29) is 17.9 Å². The van der Waals surface area contributed by atoms with Crippen LogP contribution in [0.3, 0.4) is 0 Å². The molecule has 1 saturated heterocycles. The molecular weight excluding hydrogens is 336 g/mol. The molecule has 3 heterocycles. The molecule has 27 heavy (non-hydrogen) atoms. The van der Waals surface area contributed by atoms with Crippen LogP contribution in [0.25, 0.3) is 0 Å². The molecule has 4 heteroatoms. The molecule has 0 saturated carbocycles. The summed E-state index contributed by atoms with van der Waals surface area (Å²) in [4.78, 5) is 16.0. The van der Waals surface area contributed by atoms with Gasteiger partial charge in [-0.3, -0.25) is 4.79 Å². The predicted octanol–water partition coefficient (Wildman–Crippen LogP) is 3.68. The number of ether oxygens (including phenoxy) is 1. The van der Waals surface area contributed by atoms with Gasteiger partial charge in [-0.2, -0.15) is 0 Å². The smallest absolute Gasteiger partial charge is 0.185 e. The van der Waals surface area contributed by atoms with E-state index in [0.717, 1.165) is 37.9 Å². The number of nitrogens with one attached hydrogen (secondary N) is 1. The van der Waals surface area contributed by atoms with Gasteiger partial charge in [-0.15, -0.1) is 0 Å². The van der Waals surface area contributed by atoms with E-state index in [9.17, 15) is 4.79 Å². The molecule has 1 N–H and O–H groups in total. The van der Waals surface area contributed by atoms with Gasteiger partial charge in [-0.25, -0.2) is 0 Å². The van der Waals surface area contributed by atoms with Gasteiger partial charge >= 0.3 is 0 Å². The summed E-state index contributed by atoms with van der Waals surface area (Å²) in [6.07, 6.45) is 2.91. The lowest BCUT2D eigenvalue weighted by atomic mass is 9.88. The first-order valence-corrected chi connectivity index (χ1v) is 10.0. The highest BCUT2D eigenvalue weighted by atomic mass is 16.5. The zero-order valence-corrected chi connectivity index (χ0v) is 15.7. The number of para-hydroxylation sites is 1. The second kappa shape index (κ2) is 6.77. The summed E-state index contributed by atoms with van der Waals surface area (Å²) in [6, 6.07) is 16.6. The van der Waals surface area contributed by atoms with E-state index < -0.39 is 0 Å². The Labute approximate surface area is 160 Å². The normalized spacial score (nSPS) is 29.0. The Morgan fingerprint density at radius 2 is 1.81 bits per heavy atom. The molecule has 2 aromatic rings. The Balaban J connectivity index is 1.63. The molecule has 3 aliphatic rings. The maximum atomic E-state index is 13.5. The molecule has 0 aliphatic carbocycles. The first-order chi connectivity index (χ1) is 13.3. The van der Waals surface area contributed by atoms with Gasteiger partial charge in [0.05, 0.1) is 12.1 Å². The predicted molar refractivity (Wildman–Crippen MR) is 106 cm³/mol. The fourth-order valence-electron chi connectivity index (χ4n) is 5.41. The summed E-state index contributed by atoms with van der Waals surface area (Å²) in [5.74, 6) is 0.715. The highest BCUT2D eigenvalue weighted by molar-refractivity contribution is 6.03. The van der Waals surface area contributed by atoms with Gasteiger partial charge < -0.3 is 15.0 Å². The highest BCUT2D eigenvalue weighted by Crippen LogP contribution is 2.53. The minimum atomic E-state index is -0.154. The van der Waals surface area contributed by atoms with Crippen molar-refractivity contribution in [3.63, 3.8) is 0 Å². The summed E-state index contributed by atoms with van der Waals surface area (Å²) in [5.41, 5.74) is 4.75. The Morgan fingerprint density at radius 3 is 2.63 bits per heavy atom. The standard InChI is InChI=1S/C23H26N2O2/c1-27-21-14-20(23(26)15-6-3-2-4-7-15)25-19-11-13-24-12-10-16(19)17-8-5-9-18(21)22(17)25/h2-9,16,19-21,24H,10-14H2,1H3. The molecule has 0 radical (unpaired) electrons. The third-order valence-electron chi connectivity index (χ3n) is 6.59. The lowest BCUT2D eigenvalue weighted by molar-refractivity contribution is 0.0710. The van der Waals surface area contributed by atoms with Gasteiger partial charge in [0, 0.05) is 42.3 Å². The third kappa shape index (κ3) is 2.62. The number of ketones is 1. The molecule has 140 valence electrons. The molecule has 2 aromatic carbocycles. The molecule has 0 amide bonds. The lowest BCUT2D eigenvalue weighted by Crippen LogP contribution is -2.50. The number of methoxy groups -OCH3 is 1. The van der Waals surface area contributed by atoms with Gasteiger partial charge in [-0.1, -0.05) is 48.5 Å². The minimum Gasteiger partial charge on any atom is -0.377 e. The lowest BCUT2D eigenvalue weighted by Gasteiger charge is -2.42. The molecule has 4 unspecified atom stereocenters. The summed E-state index contributed by atoms with van der Waals surface area (Å²) in [6.45, 7) is 2.06. The zero-order chi connectivity index (χ0) is 18.4. The van der Waals surface area contributed by atoms with Crippen molar-refractivity contribution in [3.05, 3.63) is 65.2 Å². The van der Waals surface area contributed by atoms with Crippen LogP contribution in [0.1, 0.15) is 52.8 Å². The van der Waals surface area contributed by atoms with E-state index in [0.29, 0.717) is 12.0 Å². The molecule has 3 aliphatic heterocycles. The molecular formula is C23H26N2O2. The maximum Gasteiger partial charge on any atom is 0.185 e. The van der Waals surface area contributed by atoms with Crippen LogP contribution in [0.15, 0.2) is 48.5 Å². The third-order valence-corrected chi connectivity index (χ3v) is 6.59. The van der Waals surface area contributed by atoms with E-state index in [1.165, 1.54) is 16.8 Å².